The Morgan fingerprint density at radius 2 is 1.89 bits per heavy atom. The van der Waals surface area contributed by atoms with Crippen LogP contribution in [0.1, 0.15) is 11.1 Å². The SMILES string of the molecule is Cc1ccc(C)c(-c2cn3cc(Cl)ccc3n2)c1. The van der Waals surface area contributed by atoms with Gasteiger partial charge in [-0.05, 0) is 37.6 Å². The molecule has 0 spiro atoms. The van der Waals surface area contributed by atoms with Crippen LogP contribution in [0, 0.1) is 13.8 Å². The molecule has 3 heteroatoms. The average molecular weight is 257 g/mol. The van der Waals surface area contributed by atoms with Crippen LogP contribution < -0.4 is 0 Å². The third-order valence-electron chi connectivity index (χ3n) is 3.08. The fourth-order valence-corrected chi connectivity index (χ4v) is 2.27. The summed E-state index contributed by atoms with van der Waals surface area (Å²) >= 11 is 5.98. The fraction of sp³-hybridized carbons (Fsp3) is 0.133. The molecule has 2 heterocycles. The Bertz CT molecular complexity index is 728. The molecule has 0 amide bonds. The number of aryl methyl sites for hydroxylation is 2. The third kappa shape index (κ3) is 1.89. The summed E-state index contributed by atoms with van der Waals surface area (Å²) in [5.74, 6) is 0. The molecule has 0 aliphatic heterocycles. The Labute approximate surface area is 111 Å². The summed E-state index contributed by atoms with van der Waals surface area (Å²) < 4.78 is 1.96. The molecule has 2 nitrogen and oxygen atoms in total. The zero-order valence-corrected chi connectivity index (χ0v) is 11.1. The lowest BCUT2D eigenvalue weighted by atomic mass is 10.0. The van der Waals surface area contributed by atoms with Crippen molar-refractivity contribution in [1.82, 2.24) is 9.38 Å². The molecule has 0 N–H and O–H groups in total. The minimum atomic E-state index is 0.715. The first-order valence-electron chi connectivity index (χ1n) is 5.85. The first kappa shape index (κ1) is 11.3. The molecule has 0 aliphatic rings. The molecule has 0 radical (unpaired) electrons. The van der Waals surface area contributed by atoms with Gasteiger partial charge in [0.25, 0.3) is 0 Å². The van der Waals surface area contributed by atoms with Crippen LogP contribution in [0.3, 0.4) is 0 Å². The van der Waals surface area contributed by atoms with Crippen LogP contribution in [0.2, 0.25) is 5.02 Å². The molecule has 0 saturated carbocycles. The quantitative estimate of drug-likeness (QED) is 0.636. The first-order valence-corrected chi connectivity index (χ1v) is 6.23. The van der Waals surface area contributed by atoms with Crippen LogP contribution in [0.4, 0.5) is 0 Å². The molecule has 0 fully saturated rings. The van der Waals surface area contributed by atoms with Crippen molar-refractivity contribution in [2.45, 2.75) is 13.8 Å². The second kappa shape index (κ2) is 4.14. The van der Waals surface area contributed by atoms with Crippen molar-refractivity contribution in [1.29, 1.82) is 0 Å². The number of pyridine rings is 1. The highest BCUT2D eigenvalue weighted by Gasteiger charge is 2.07. The highest BCUT2D eigenvalue weighted by Crippen LogP contribution is 2.24. The van der Waals surface area contributed by atoms with Gasteiger partial charge in [0.1, 0.15) is 5.65 Å². The lowest BCUT2D eigenvalue weighted by molar-refractivity contribution is 1.19. The van der Waals surface area contributed by atoms with Crippen molar-refractivity contribution in [3.8, 4) is 11.3 Å². The first-order chi connectivity index (χ1) is 8.63. The maximum absolute atomic E-state index is 5.98. The van der Waals surface area contributed by atoms with Crippen molar-refractivity contribution >= 4 is 17.2 Å². The Kier molecular flexibility index (Phi) is 2.60. The van der Waals surface area contributed by atoms with Gasteiger partial charge in [0.15, 0.2) is 0 Å². The maximum Gasteiger partial charge on any atom is 0.137 e. The summed E-state index contributed by atoms with van der Waals surface area (Å²) in [5, 5.41) is 0.715. The Morgan fingerprint density at radius 1 is 1.06 bits per heavy atom. The van der Waals surface area contributed by atoms with E-state index in [1.165, 1.54) is 16.7 Å². The van der Waals surface area contributed by atoms with Crippen molar-refractivity contribution in [2.75, 3.05) is 0 Å². The number of imidazole rings is 1. The number of nitrogens with zero attached hydrogens (tertiary/aromatic N) is 2. The van der Waals surface area contributed by atoms with Gasteiger partial charge in [-0.2, -0.15) is 0 Å². The zero-order chi connectivity index (χ0) is 12.7. The monoisotopic (exact) mass is 256 g/mol. The summed E-state index contributed by atoms with van der Waals surface area (Å²) in [7, 11) is 0. The summed E-state index contributed by atoms with van der Waals surface area (Å²) in [6.45, 7) is 4.20. The predicted octanol–water partition coefficient (Wildman–Crippen LogP) is 4.27. The van der Waals surface area contributed by atoms with Crippen LogP contribution in [0.5, 0.6) is 0 Å². The van der Waals surface area contributed by atoms with Gasteiger partial charge < -0.3 is 4.40 Å². The van der Waals surface area contributed by atoms with Gasteiger partial charge in [-0.1, -0.05) is 29.3 Å². The molecular weight excluding hydrogens is 244 g/mol. The summed E-state index contributed by atoms with van der Waals surface area (Å²) in [4.78, 5) is 4.63. The number of halogens is 1. The number of aromatic nitrogens is 2. The number of fused-ring (bicyclic) bond motifs is 1. The molecule has 18 heavy (non-hydrogen) atoms. The second-order valence-corrected chi connectivity index (χ2v) is 4.99. The number of rotatable bonds is 1. The van der Waals surface area contributed by atoms with Crippen LogP contribution in [-0.2, 0) is 0 Å². The topological polar surface area (TPSA) is 17.3 Å². The van der Waals surface area contributed by atoms with E-state index in [4.69, 9.17) is 11.6 Å². The summed E-state index contributed by atoms with van der Waals surface area (Å²) in [6, 6.07) is 10.2. The van der Waals surface area contributed by atoms with E-state index in [1.807, 2.05) is 28.9 Å². The highest BCUT2D eigenvalue weighted by molar-refractivity contribution is 6.30. The van der Waals surface area contributed by atoms with Crippen LogP contribution in [0.15, 0.2) is 42.7 Å². The molecule has 0 aliphatic carbocycles. The minimum Gasteiger partial charge on any atom is -0.305 e. The van der Waals surface area contributed by atoms with Crippen molar-refractivity contribution in [3.05, 3.63) is 58.9 Å². The Hall–Kier alpha value is -1.80. The van der Waals surface area contributed by atoms with E-state index in [2.05, 4.69) is 37.0 Å². The van der Waals surface area contributed by atoms with Crippen molar-refractivity contribution in [2.24, 2.45) is 0 Å². The maximum atomic E-state index is 5.98. The average Bonchev–Trinajstić information content (AvgIpc) is 2.74. The molecule has 0 unspecified atom stereocenters. The smallest absolute Gasteiger partial charge is 0.137 e. The summed E-state index contributed by atoms with van der Waals surface area (Å²) in [5.41, 5.74) is 5.55. The molecule has 0 bridgehead atoms. The van der Waals surface area contributed by atoms with E-state index in [-0.39, 0.29) is 0 Å². The highest BCUT2D eigenvalue weighted by atomic mass is 35.5. The Balaban J connectivity index is 2.22. The van der Waals surface area contributed by atoms with E-state index >= 15 is 0 Å². The van der Waals surface area contributed by atoms with Gasteiger partial charge in [-0.3, -0.25) is 0 Å². The van der Waals surface area contributed by atoms with Gasteiger partial charge in [-0.15, -0.1) is 0 Å². The van der Waals surface area contributed by atoms with Crippen molar-refractivity contribution < 1.29 is 0 Å². The van der Waals surface area contributed by atoms with Crippen LogP contribution >= 0.6 is 11.6 Å². The zero-order valence-electron chi connectivity index (χ0n) is 10.3. The summed E-state index contributed by atoms with van der Waals surface area (Å²) in [6.07, 6.45) is 3.89. The lowest BCUT2D eigenvalue weighted by Gasteiger charge is -2.03. The second-order valence-electron chi connectivity index (χ2n) is 4.56. The van der Waals surface area contributed by atoms with E-state index in [1.54, 1.807) is 0 Å². The normalized spacial score (nSPS) is 11.1. The third-order valence-corrected chi connectivity index (χ3v) is 3.31. The number of benzene rings is 1. The van der Waals surface area contributed by atoms with Crippen LogP contribution in [-0.4, -0.2) is 9.38 Å². The molecule has 90 valence electrons. The molecule has 2 aromatic heterocycles. The van der Waals surface area contributed by atoms with Gasteiger partial charge in [0.05, 0.1) is 10.7 Å². The van der Waals surface area contributed by atoms with Gasteiger partial charge in [-0.25, -0.2) is 4.98 Å². The van der Waals surface area contributed by atoms with E-state index in [0.717, 1.165) is 11.3 Å². The number of hydrogen-bond acceptors (Lipinski definition) is 1. The van der Waals surface area contributed by atoms with Crippen molar-refractivity contribution in [3.63, 3.8) is 0 Å². The molecule has 1 aromatic carbocycles. The molecule has 0 saturated heterocycles. The lowest BCUT2D eigenvalue weighted by Crippen LogP contribution is -1.84. The minimum absolute atomic E-state index is 0.715. The Morgan fingerprint density at radius 3 is 2.72 bits per heavy atom. The van der Waals surface area contributed by atoms with E-state index in [9.17, 15) is 0 Å². The van der Waals surface area contributed by atoms with Gasteiger partial charge in [0, 0.05) is 18.0 Å². The molecule has 3 rings (SSSR count). The fourth-order valence-electron chi connectivity index (χ4n) is 2.11. The van der Waals surface area contributed by atoms with Crippen LogP contribution in [0.25, 0.3) is 16.9 Å². The standard InChI is InChI=1S/C15H13ClN2/c1-10-3-4-11(2)13(7-10)14-9-18-8-12(16)5-6-15(18)17-14/h3-9H,1-2H3. The predicted molar refractivity (Wildman–Crippen MR) is 75.1 cm³/mol. The van der Waals surface area contributed by atoms with Gasteiger partial charge >= 0.3 is 0 Å². The van der Waals surface area contributed by atoms with E-state index in [0.29, 0.717) is 5.02 Å². The van der Waals surface area contributed by atoms with E-state index < -0.39 is 0 Å². The molecule has 0 atom stereocenters. The van der Waals surface area contributed by atoms with Gasteiger partial charge in [0.2, 0.25) is 0 Å². The molecular formula is C15H13ClN2. The number of hydrogen-bond donors (Lipinski definition) is 0. The molecule has 3 aromatic rings. The largest absolute Gasteiger partial charge is 0.305 e.